The van der Waals surface area contributed by atoms with Gasteiger partial charge in [0.1, 0.15) is 4.70 Å². The molecule has 3 N–H and O–H groups in total. The van der Waals surface area contributed by atoms with Crippen LogP contribution in [0.2, 0.25) is 0 Å². The fourth-order valence-electron chi connectivity index (χ4n) is 1.06. The zero-order chi connectivity index (χ0) is 8.55. The molecule has 0 amide bonds. The van der Waals surface area contributed by atoms with Gasteiger partial charge in [-0.2, -0.15) is 0 Å². The van der Waals surface area contributed by atoms with E-state index in [0.29, 0.717) is 11.2 Å². The summed E-state index contributed by atoms with van der Waals surface area (Å²) in [5, 5.41) is 1.87. The van der Waals surface area contributed by atoms with Crippen molar-refractivity contribution in [2.24, 2.45) is 5.73 Å². The van der Waals surface area contributed by atoms with Gasteiger partial charge in [0.05, 0.1) is 11.8 Å². The van der Waals surface area contributed by atoms with Gasteiger partial charge in [-0.25, -0.2) is 4.98 Å². The molecule has 4 nitrogen and oxygen atoms in total. The summed E-state index contributed by atoms with van der Waals surface area (Å²) in [7, 11) is 0. The van der Waals surface area contributed by atoms with E-state index in [1.165, 1.54) is 17.7 Å². The zero-order valence-corrected chi connectivity index (χ0v) is 7.02. The number of hydrogen-bond acceptors (Lipinski definition) is 4. The zero-order valence-electron chi connectivity index (χ0n) is 6.20. The van der Waals surface area contributed by atoms with E-state index in [0.717, 1.165) is 11.1 Å². The molecule has 2 rings (SSSR count). The van der Waals surface area contributed by atoms with Crippen LogP contribution >= 0.6 is 11.3 Å². The monoisotopic (exact) mass is 181 g/mol. The Morgan fingerprint density at radius 1 is 1.67 bits per heavy atom. The summed E-state index contributed by atoms with van der Waals surface area (Å²) in [6.07, 6.45) is 1.40. The van der Waals surface area contributed by atoms with Crippen LogP contribution in [-0.4, -0.2) is 9.97 Å². The molecule has 12 heavy (non-hydrogen) atoms. The highest BCUT2D eigenvalue weighted by Gasteiger charge is 2.05. The van der Waals surface area contributed by atoms with Crippen molar-refractivity contribution in [1.82, 2.24) is 9.97 Å². The Labute approximate surface area is 72.1 Å². The van der Waals surface area contributed by atoms with Crippen LogP contribution in [0.15, 0.2) is 16.5 Å². The molecule has 5 heteroatoms. The Bertz CT molecular complexity index is 459. The molecule has 0 aliphatic heterocycles. The van der Waals surface area contributed by atoms with Gasteiger partial charge in [-0.3, -0.25) is 4.79 Å². The fraction of sp³-hybridized carbons (Fsp3) is 0.143. The first kappa shape index (κ1) is 7.45. The van der Waals surface area contributed by atoms with Gasteiger partial charge >= 0.3 is 0 Å². The molecule has 0 fully saturated rings. The van der Waals surface area contributed by atoms with Crippen LogP contribution in [0, 0.1) is 0 Å². The predicted octanol–water partition coefficient (Wildman–Crippen LogP) is 0.443. The lowest BCUT2D eigenvalue weighted by molar-refractivity contribution is 1.08. The smallest absolute Gasteiger partial charge is 0.268 e. The number of rotatable bonds is 1. The lowest BCUT2D eigenvalue weighted by atomic mass is 10.3. The minimum absolute atomic E-state index is 0.0929. The van der Waals surface area contributed by atoms with E-state index in [1.54, 1.807) is 0 Å². The van der Waals surface area contributed by atoms with Gasteiger partial charge in [0.25, 0.3) is 5.56 Å². The second kappa shape index (κ2) is 2.69. The van der Waals surface area contributed by atoms with E-state index >= 15 is 0 Å². The van der Waals surface area contributed by atoms with Gasteiger partial charge in [0, 0.05) is 12.1 Å². The fourth-order valence-corrected chi connectivity index (χ4v) is 1.99. The Balaban J connectivity index is 2.89. The summed E-state index contributed by atoms with van der Waals surface area (Å²) < 4.78 is 0.651. The van der Waals surface area contributed by atoms with Crippen molar-refractivity contribution < 1.29 is 0 Å². The van der Waals surface area contributed by atoms with Crippen molar-refractivity contribution in [3.63, 3.8) is 0 Å². The first-order valence-corrected chi connectivity index (χ1v) is 4.34. The summed E-state index contributed by atoms with van der Waals surface area (Å²) >= 11 is 1.38. The van der Waals surface area contributed by atoms with Crippen LogP contribution < -0.4 is 11.3 Å². The van der Waals surface area contributed by atoms with Crippen molar-refractivity contribution in [3.8, 4) is 0 Å². The topological polar surface area (TPSA) is 71.8 Å². The minimum atomic E-state index is -0.0929. The van der Waals surface area contributed by atoms with E-state index in [2.05, 4.69) is 9.97 Å². The van der Waals surface area contributed by atoms with Gasteiger partial charge in [-0.15, -0.1) is 11.3 Å². The summed E-state index contributed by atoms with van der Waals surface area (Å²) in [5.41, 5.74) is 7.03. The first-order valence-electron chi connectivity index (χ1n) is 3.46. The molecule has 0 atom stereocenters. The molecule has 0 saturated carbocycles. The molecule has 0 aliphatic carbocycles. The Morgan fingerprint density at radius 2 is 2.50 bits per heavy atom. The molecular formula is C7H7N3OS. The SMILES string of the molecule is NCc1csc2c(=O)[nH]cnc12. The van der Waals surface area contributed by atoms with E-state index in [4.69, 9.17) is 5.73 Å². The number of aromatic nitrogens is 2. The van der Waals surface area contributed by atoms with Gasteiger partial charge in [0.2, 0.25) is 0 Å². The Morgan fingerprint density at radius 3 is 3.25 bits per heavy atom. The normalized spacial score (nSPS) is 10.8. The maximum atomic E-state index is 11.2. The van der Waals surface area contributed by atoms with Crippen LogP contribution in [0.5, 0.6) is 0 Å². The summed E-state index contributed by atoms with van der Waals surface area (Å²) in [6, 6.07) is 0. The molecule has 62 valence electrons. The van der Waals surface area contributed by atoms with Crippen molar-refractivity contribution in [1.29, 1.82) is 0 Å². The van der Waals surface area contributed by atoms with Crippen LogP contribution in [-0.2, 0) is 6.54 Å². The summed E-state index contributed by atoms with van der Waals surface area (Å²) in [6.45, 7) is 0.427. The third kappa shape index (κ3) is 0.945. The standard InChI is InChI=1S/C7H7N3OS/c8-1-4-2-12-6-5(4)9-3-10-7(6)11/h2-3H,1,8H2,(H,9,10,11). The quantitative estimate of drug-likeness (QED) is 0.670. The molecule has 2 aromatic heterocycles. The molecule has 0 aromatic carbocycles. The molecule has 0 unspecified atom stereocenters. The molecule has 0 radical (unpaired) electrons. The highest BCUT2D eigenvalue weighted by atomic mass is 32.1. The van der Waals surface area contributed by atoms with Crippen molar-refractivity contribution in [2.75, 3.05) is 0 Å². The first-order chi connectivity index (χ1) is 5.83. The maximum absolute atomic E-state index is 11.2. The number of aromatic amines is 1. The average molecular weight is 181 g/mol. The Hall–Kier alpha value is -1.20. The lowest BCUT2D eigenvalue weighted by Gasteiger charge is -1.90. The molecule has 2 heterocycles. The van der Waals surface area contributed by atoms with Gasteiger partial charge in [-0.1, -0.05) is 0 Å². The van der Waals surface area contributed by atoms with E-state index in [1.807, 2.05) is 5.38 Å². The van der Waals surface area contributed by atoms with Crippen molar-refractivity contribution in [3.05, 3.63) is 27.6 Å². The van der Waals surface area contributed by atoms with Crippen molar-refractivity contribution in [2.45, 2.75) is 6.54 Å². The lowest BCUT2D eigenvalue weighted by Crippen LogP contribution is -2.05. The van der Waals surface area contributed by atoms with Crippen LogP contribution in [0.4, 0.5) is 0 Å². The van der Waals surface area contributed by atoms with Gasteiger partial charge in [0.15, 0.2) is 0 Å². The largest absolute Gasteiger partial charge is 0.326 e. The van der Waals surface area contributed by atoms with Crippen LogP contribution in [0.1, 0.15) is 5.56 Å². The second-order valence-corrected chi connectivity index (χ2v) is 3.25. The highest BCUT2D eigenvalue weighted by Crippen LogP contribution is 2.19. The number of H-pyrrole nitrogens is 1. The Kier molecular flexibility index (Phi) is 1.67. The van der Waals surface area contributed by atoms with E-state index < -0.39 is 0 Å². The number of hydrogen-bond donors (Lipinski definition) is 2. The van der Waals surface area contributed by atoms with E-state index in [9.17, 15) is 4.79 Å². The maximum Gasteiger partial charge on any atom is 0.268 e. The number of nitrogens with zero attached hydrogens (tertiary/aromatic N) is 1. The van der Waals surface area contributed by atoms with Crippen LogP contribution in [0.3, 0.4) is 0 Å². The third-order valence-corrected chi connectivity index (χ3v) is 2.67. The van der Waals surface area contributed by atoms with Gasteiger partial charge < -0.3 is 10.7 Å². The van der Waals surface area contributed by atoms with E-state index in [-0.39, 0.29) is 5.56 Å². The second-order valence-electron chi connectivity index (χ2n) is 2.37. The molecule has 2 aromatic rings. The molecule has 0 spiro atoms. The summed E-state index contributed by atoms with van der Waals surface area (Å²) in [5.74, 6) is 0. The average Bonchev–Trinajstić information content (AvgIpc) is 2.49. The highest BCUT2D eigenvalue weighted by molar-refractivity contribution is 7.17. The van der Waals surface area contributed by atoms with Crippen LogP contribution in [0.25, 0.3) is 10.2 Å². The minimum Gasteiger partial charge on any atom is -0.326 e. The van der Waals surface area contributed by atoms with Crippen molar-refractivity contribution >= 4 is 21.6 Å². The number of fused-ring (bicyclic) bond motifs is 1. The number of nitrogens with one attached hydrogen (secondary N) is 1. The summed E-state index contributed by atoms with van der Waals surface area (Å²) in [4.78, 5) is 17.7. The predicted molar refractivity (Wildman–Crippen MR) is 48.1 cm³/mol. The molecule has 0 aliphatic rings. The molecule has 0 saturated heterocycles. The van der Waals surface area contributed by atoms with Gasteiger partial charge in [-0.05, 0) is 5.38 Å². The third-order valence-electron chi connectivity index (χ3n) is 1.65. The molecular weight excluding hydrogens is 174 g/mol. The number of nitrogens with two attached hydrogens (primary N) is 1. The number of thiophene rings is 1. The molecule has 0 bridgehead atoms.